The zero-order chi connectivity index (χ0) is 15.5. The lowest BCUT2D eigenvalue weighted by Crippen LogP contribution is -2.32. The molecule has 0 saturated carbocycles. The van der Waals surface area contributed by atoms with Crippen LogP contribution in [0.15, 0.2) is 18.2 Å². The predicted octanol–water partition coefficient (Wildman–Crippen LogP) is 3.35. The van der Waals surface area contributed by atoms with Crippen molar-refractivity contribution in [2.75, 3.05) is 26.2 Å². The summed E-state index contributed by atoms with van der Waals surface area (Å²) in [5.41, 5.74) is 0.992. The van der Waals surface area contributed by atoms with Gasteiger partial charge < -0.3 is 15.4 Å². The first kappa shape index (κ1) is 21.0. The molecule has 2 N–H and O–H groups in total. The van der Waals surface area contributed by atoms with Crippen molar-refractivity contribution in [3.05, 3.63) is 28.8 Å². The lowest BCUT2D eigenvalue weighted by Gasteiger charge is -2.08. The van der Waals surface area contributed by atoms with E-state index >= 15 is 0 Å². The monoisotopic (exact) mass is 348 g/mol. The molecule has 0 heterocycles. The van der Waals surface area contributed by atoms with E-state index in [1.807, 2.05) is 25.1 Å². The SMILES string of the molecule is CCCNCCNC(=O)CCCOc1ccc(Cl)c(C)c1.Cl. The Kier molecular flexibility index (Phi) is 12.0. The normalized spacial score (nSPS) is 9.95. The van der Waals surface area contributed by atoms with Crippen LogP contribution in [0.2, 0.25) is 5.02 Å². The van der Waals surface area contributed by atoms with Crippen molar-refractivity contribution in [3.8, 4) is 5.75 Å². The number of hydrogen-bond acceptors (Lipinski definition) is 3. The number of hydrogen-bond donors (Lipinski definition) is 2. The van der Waals surface area contributed by atoms with Crippen LogP contribution in [0.5, 0.6) is 5.75 Å². The molecule has 0 radical (unpaired) electrons. The number of halogens is 2. The van der Waals surface area contributed by atoms with Crippen molar-refractivity contribution >= 4 is 29.9 Å². The van der Waals surface area contributed by atoms with E-state index in [0.717, 1.165) is 35.8 Å². The molecule has 0 spiro atoms. The van der Waals surface area contributed by atoms with E-state index in [1.54, 1.807) is 0 Å². The van der Waals surface area contributed by atoms with Gasteiger partial charge in [0.05, 0.1) is 6.61 Å². The Labute approximate surface area is 144 Å². The van der Waals surface area contributed by atoms with Gasteiger partial charge in [0.2, 0.25) is 5.91 Å². The van der Waals surface area contributed by atoms with E-state index < -0.39 is 0 Å². The molecule has 1 aromatic carbocycles. The minimum atomic E-state index is 0. The molecule has 0 fully saturated rings. The summed E-state index contributed by atoms with van der Waals surface area (Å²) in [5, 5.41) is 6.86. The minimum absolute atomic E-state index is 0. The number of carbonyl (C=O) groups is 1. The third kappa shape index (κ3) is 9.13. The van der Waals surface area contributed by atoms with E-state index in [-0.39, 0.29) is 18.3 Å². The van der Waals surface area contributed by atoms with Crippen LogP contribution >= 0.6 is 24.0 Å². The van der Waals surface area contributed by atoms with Crippen LogP contribution in [0.4, 0.5) is 0 Å². The summed E-state index contributed by atoms with van der Waals surface area (Å²) >= 11 is 5.95. The van der Waals surface area contributed by atoms with Gasteiger partial charge in [-0.15, -0.1) is 12.4 Å². The van der Waals surface area contributed by atoms with Gasteiger partial charge in [0.15, 0.2) is 0 Å². The van der Waals surface area contributed by atoms with Crippen molar-refractivity contribution in [3.63, 3.8) is 0 Å². The molecular formula is C16H26Cl2N2O2. The summed E-state index contributed by atoms with van der Waals surface area (Å²) in [6.07, 6.45) is 2.30. The maximum atomic E-state index is 11.6. The second kappa shape index (κ2) is 12.6. The Hall–Kier alpha value is -0.970. The molecule has 4 nitrogen and oxygen atoms in total. The molecule has 0 aliphatic rings. The summed E-state index contributed by atoms with van der Waals surface area (Å²) in [6.45, 7) is 7.08. The highest BCUT2D eigenvalue weighted by molar-refractivity contribution is 6.31. The van der Waals surface area contributed by atoms with Crippen LogP contribution in [0.3, 0.4) is 0 Å². The number of aryl methyl sites for hydroxylation is 1. The van der Waals surface area contributed by atoms with Crippen LogP contribution in [-0.2, 0) is 4.79 Å². The number of rotatable bonds is 10. The van der Waals surface area contributed by atoms with Gasteiger partial charge in [-0.1, -0.05) is 18.5 Å². The van der Waals surface area contributed by atoms with Crippen molar-refractivity contribution < 1.29 is 9.53 Å². The fourth-order valence-corrected chi connectivity index (χ4v) is 1.93. The summed E-state index contributed by atoms with van der Waals surface area (Å²) < 4.78 is 5.60. The standard InChI is InChI=1S/C16H25ClN2O2.ClH/c1-3-8-18-9-10-19-16(20)5-4-11-21-14-6-7-15(17)13(2)12-14;/h6-7,12,18H,3-5,8-11H2,1-2H3,(H,19,20);1H. The fourth-order valence-electron chi connectivity index (χ4n) is 1.81. The fraction of sp³-hybridized carbons (Fsp3) is 0.562. The maximum Gasteiger partial charge on any atom is 0.220 e. The molecule has 0 saturated heterocycles. The topological polar surface area (TPSA) is 50.4 Å². The number of nitrogens with one attached hydrogen (secondary N) is 2. The van der Waals surface area contributed by atoms with Gasteiger partial charge in [-0.25, -0.2) is 0 Å². The second-order valence-corrected chi connectivity index (χ2v) is 5.37. The first-order valence-electron chi connectivity index (χ1n) is 7.50. The molecule has 0 aliphatic carbocycles. The Bertz CT molecular complexity index is 442. The Morgan fingerprint density at radius 2 is 2.05 bits per heavy atom. The average Bonchev–Trinajstić information content (AvgIpc) is 2.47. The van der Waals surface area contributed by atoms with E-state index in [4.69, 9.17) is 16.3 Å². The van der Waals surface area contributed by atoms with Crippen LogP contribution in [0.1, 0.15) is 31.7 Å². The van der Waals surface area contributed by atoms with E-state index in [0.29, 0.717) is 26.0 Å². The second-order valence-electron chi connectivity index (χ2n) is 4.96. The van der Waals surface area contributed by atoms with Crippen molar-refractivity contribution in [2.24, 2.45) is 0 Å². The molecule has 1 amide bonds. The number of benzene rings is 1. The Balaban J connectivity index is 0.00000441. The summed E-state index contributed by atoms with van der Waals surface area (Å²) in [5.74, 6) is 0.866. The molecule has 126 valence electrons. The molecule has 1 rings (SSSR count). The zero-order valence-electron chi connectivity index (χ0n) is 13.3. The quantitative estimate of drug-likeness (QED) is 0.637. The molecule has 0 aromatic heterocycles. The van der Waals surface area contributed by atoms with Gasteiger partial charge in [-0.3, -0.25) is 4.79 Å². The number of carbonyl (C=O) groups excluding carboxylic acids is 1. The van der Waals surface area contributed by atoms with Crippen molar-refractivity contribution in [1.82, 2.24) is 10.6 Å². The van der Waals surface area contributed by atoms with Crippen molar-refractivity contribution in [2.45, 2.75) is 33.1 Å². The number of amides is 1. The predicted molar refractivity (Wildman–Crippen MR) is 94.3 cm³/mol. The van der Waals surface area contributed by atoms with Gasteiger partial charge >= 0.3 is 0 Å². The third-order valence-corrected chi connectivity index (χ3v) is 3.42. The highest BCUT2D eigenvalue weighted by Crippen LogP contribution is 2.21. The van der Waals surface area contributed by atoms with E-state index in [9.17, 15) is 4.79 Å². The minimum Gasteiger partial charge on any atom is -0.494 e. The first-order valence-corrected chi connectivity index (χ1v) is 7.87. The molecule has 0 aliphatic heterocycles. The number of ether oxygens (including phenoxy) is 1. The third-order valence-electron chi connectivity index (χ3n) is 3.00. The lowest BCUT2D eigenvalue weighted by molar-refractivity contribution is -0.121. The average molecular weight is 349 g/mol. The highest BCUT2D eigenvalue weighted by atomic mass is 35.5. The molecule has 1 aromatic rings. The van der Waals surface area contributed by atoms with Crippen LogP contribution in [-0.4, -0.2) is 32.1 Å². The maximum absolute atomic E-state index is 11.6. The molecule has 0 unspecified atom stereocenters. The van der Waals surface area contributed by atoms with Gasteiger partial charge in [0, 0.05) is 24.5 Å². The van der Waals surface area contributed by atoms with E-state index in [2.05, 4.69) is 17.6 Å². The van der Waals surface area contributed by atoms with Gasteiger partial charge in [0.25, 0.3) is 0 Å². The highest BCUT2D eigenvalue weighted by Gasteiger charge is 2.02. The van der Waals surface area contributed by atoms with Crippen LogP contribution < -0.4 is 15.4 Å². The smallest absolute Gasteiger partial charge is 0.220 e. The molecule has 0 bridgehead atoms. The molecule has 0 atom stereocenters. The molecule has 22 heavy (non-hydrogen) atoms. The van der Waals surface area contributed by atoms with Gasteiger partial charge in [-0.2, -0.15) is 0 Å². The first-order chi connectivity index (χ1) is 10.1. The summed E-state index contributed by atoms with van der Waals surface area (Å²) in [6, 6.07) is 5.57. The Morgan fingerprint density at radius 1 is 1.27 bits per heavy atom. The zero-order valence-corrected chi connectivity index (χ0v) is 14.9. The molecular weight excluding hydrogens is 323 g/mol. The largest absolute Gasteiger partial charge is 0.494 e. The van der Waals surface area contributed by atoms with Gasteiger partial charge in [0.1, 0.15) is 5.75 Å². The Morgan fingerprint density at radius 3 is 2.73 bits per heavy atom. The van der Waals surface area contributed by atoms with Crippen LogP contribution in [0, 0.1) is 6.92 Å². The lowest BCUT2D eigenvalue weighted by atomic mass is 10.2. The van der Waals surface area contributed by atoms with Crippen molar-refractivity contribution in [1.29, 1.82) is 0 Å². The van der Waals surface area contributed by atoms with Crippen LogP contribution in [0.25, 0.3) is 0 Å². The summed E-state index contributed by atoms with van der Waals surface area (Å²) in [4.78, 5) is 11.6. The van der Waals surface area contributed by atoms with Gasteiger partial charge in [-0.05, 0) is 50.1 Å². The summed E-state index contributed by atoms with van der Waals surface area (Å²) in [7, 11) is 0. The van der Waals surface area contributed by atoms with E-state index in [1.165, 1.54) is 0 Å². The molecule has 6 heteroatoms.